The average Bonchev–Trinajstić information content (AvgIpc) is 2.63. The van der Waals surface area contributed by atoms with Gasteiger partial charge in [-0.1, -0.05) is 30.3 Å². The molecule has 1 aromatic carbocycles. The van der Waals surface area contributed by atoms with Gasteiger partial charge in [-0.25, -0.2) is 15.0 Å². The number of anilines is 2. The Hall–Kier alpha value is -2.99. The van der Waals surface area contributed by atoms with E-state index in [9.17, 15) is 0 Å². The molecule has 3 rings (SSSR count). The number of likely N-dealkylation sites (N-methyl/N-ethyl adjacent to an activating group) is 1. The summed E-state index contributed by atoms with van der Waals surface area (Å²) in [5, 5.41) is 6.66. The second kappa shape index (κ2) is 7.52. The highest BCUT2D eigenvalue weighted by Gasteiger charge is 2.12. The van der Waals surface area contributed by atoms with Crippen LogP contribution in [0, 0.1) is 0 Å². The molecule has 3 aromatic rings. The van der Waals surface area contributed by atoms with Crippen molar-refractivity contribution in [1.82, 2.24) is 20.3 Å². The van der Waals surface area contributed by atoms with E-state index in [-0.39, 0.29) is 6.04 Å². The third-order valence-corrected chi connectivity index (χ3v) is 3.67. The molecular formula is C18H20N6. The van der Waals surface area contributed by atoms with Crippen LogP contribution in [0.5, 0.6) is 0 Å². The van der Waals surface area contributed by atoms with Gasteiger partial charge in [0, 0.05) is 18.9 Å². The normalized spacial score (nSPS) is 11.9. The van der Waals surface area contributed by atoms with Gasteiger partial charge in [-0.15, -0.1) is 0 Å². The topological polar surface area (TPSA) is 88.8 Å². The van der Waals surface area contributed by atoms with Gasteiger partial charge >= 0.3 is 0 Å². The summed E-state index contributed by atoms with van der Waals surface area (Å²) in [5.74, 6) is 1.72. The smallest absolute Gasteiger partial charge is 0.165 e. The van der Waals surface area contributed by atoms with E-state index in [0.717, 1.165) is 17.9 Å². The first kappa shape index (κ1) is 15.9. The Bertz CT molecular complexity index is 790. The molecule has 0 unspecified atom stereocenters. The third kappa shape index (κ3) is 3.67. The molecular weight excluding hydrogens is 300 g/mol. The average molecular weight is 320 g/mol. The number of hydrogen-bond acceptors (Lipinski definition) is 6. The Balaban J connectivity index is 1.87. The van der Waals surface area contributed by atoms with Crippen LogP contribution in [0.25, 0.3) is 11.4 Å². The highest BCUT2D eigenvalue weighted by molar-refractivity contribution is 5.68. The quantitative estimate of drug-likeness (QED) is 0.647. The fraction of sp³-hybridized carbons (Fsp3) is 0.167. The summed E-state index contributed by atoms with van der Waals surface area (Å²) in [7, 11) is 1.93. The minimum atomic E-state index is 0.102. The number of nitrogens with one attached hydrogen (secondary N) is 2. The largest absolute Gasteiger partial charge is 0.383 e. The van der Waals surface area contributed by atoms with Gasteiger partial charge in [0.15, 0.2) is 5.82 Å². The molecule has 122 valence electrons. The van der Waals surface area contributed by atoms with Crippen molar-refractivity contribution >= 4 is 11.6 Å². The lowest BCUT2D eigenvalue weighted by Gasteiger charge is -2.19. The summed E-state index contributed by atoms with van der Waals surface area (Å²) >= 11 is 0. The van der Waals surface area contributed by atoms with Crippen molar-refractivity contribution in [3.05, 3.63) is 66.5 Å². The molecule has 0 saturated carbocycles. The van der Waals surface area contributed by atoms with E-state index in [1.165, 1.54) is 5.56 Å². The van der Waals surface area contributed by atoms with Crippen LogP contribution in [0.2, 0.25) is 0 Å². The summed E-state index contributed by atoms with van der Waals surface area (Å²) in [4.78, 5) is 13.0. The number of benzene rings is 1. The fourth-order valence-corrected chi connectivity index (χ4v) is 2.50. The number of aromatic nitrogens is 3. The molecule has 6 nitrogen and oxygen atoms in total. The summed E-state index contributed by atoms with van der Waals surface area (Å²) in [5.41, 5.74) is 7.84. The Morgan fingerprint density at radius 2 is 1.83 bits per heavy atom. The third-order valence-electron chi connectivity index (χ3n) is 3.67. The summed E-state index contributed by atoms with van der Waals surface area (Å²) in [6, 6.07) is 15.9. The Kier molecular flexibility index (Phi) is 4.98. The van der Waals surface area contributed by atoms with Gasteiger partial charge in [-0.05, 0) is 30.8 Å². The molecule has 24 heavy (non-hydrogen) atoms. The van der Waals surface area contributed by atoms with Crippen LogP contribution in [0.15, 0.2) is 60.9 Å². The van der Waals surface area contributed by atoms with Crippen molar-refractivity contribution < 1.29 is 0 Å². The van der Waals surface area contributed by atoms with Crippen LogP contribution in [-0.2, 0) is 0 Å². The molecule has 0 saturated heterocycles. The molecule has 0 aliphatic rings. The van der Waals surface area contributed by atoms with E-state index in [1.807, 2.05) is 43.4 Å². The summed E-state index contributed by atoms with van der Waals surface area (Å²) in [6.45, 7) is 0.776. The van der Waals surface area contributed by atoms with Crippen molar-refractivity contribution in [2.24, 2.45) is 0 Å². The predicted octanol–water partition coefficient (Wildman–Crippen LogP) is 2.49. The van der Waals surface area contributed by atoms with Crippen molar-refractivity contribution in [3.8, 4) is 11.4 Å². The monoisotopic (exact) mass is 320 g/mol. The maximum Gasteiger partial charge on any atom is 0.165 e. The second-order valence-corrected chi connectivity index (χ2v) is 5.37. The molecule has 0 amide bonds. The van der Waals surface area contributed by atoms with Crippen LogP contribution < -0.4 is 16.4 Å². The van der Waals surface area contributed by atoms with E-state index < -0.39 is 0 Å². The number of nitrogens with zero attached hydrogens (tertiary/aromatic N) is 3. The molecule has 0 fully saturated rings. The zero-order valence-corrected chi connectivity index (χ0v) is 13.5. The fourth-order valence-electron chi connectivity index (χ4n) is 2.50. The van der Waals surface area contributed by atoms with E-state index >= 15 is 0 Å². The lowest BCUT2D eigenvalue weighted by Crippen LogP contribution is -2.24. The number of pyridine rings is 1. The first-order chi connectivity index (χ1) is 11.8. The Morgan fingerprint density at radius 3 is 2.58 bits per heavy atom. The number of nitrogen functional groups attached to an aromatic ring is 1. The second-order valence-electron chi connectivity index (χ2n) is 5.37. The number of nitrogens with two attached hydrogens (primary N) is 1. The first-order valence-corrected chi connectivity index (χ1v) is 7.78. The van der Waals surface area contributed by atoms with Crippen molar-refractivity contribution in [1.29, 1.82) is 0 Å². The van der Waals surface area contributed by atoms with E-state index in [0.29, 0.717) is 11.6 Å². The van der Waals surface area contributed by atoms with Gasteiger partial charge in [-0.3, -0.25) is 0 Å². The van der Waals surface area contributed by atoms with Crippen LogP contribution >= 0.6 is 0 Å². The zero-order chi connectivity index (χ0) is 16.8. The lowest BCUT2D eigenvalue weighted by atomic mass is 10.1. The van der Waals surface area contributed by atoms with Gasteiger partial charge in [0.2, 0.25) is 0 Å². The molecule has 2 aromatic heterocycles. The van der Waals surface area contributed by atoms with Crippen LogP contribution in [0.1, 0.15) is 11.6 Å². The molecule has 1 atom stereocenters. The van der Waals surface area contributed by atoms with Crippen molar-refractivity contribution in [3.63, 3.8) is 0 Å². The molecule has 0 spiro atoms. The van der Waals surface area contributed by atoms with Gasteiger partial charge in [0.1, 0.15) is 11.6 Å². The van der Waals surface area contributed by atoms with Crippen LogP contribution in [-0.4, -0.2) is 28.5 Å². The minimum Gasteiger partial charge on any atom is -0.383 e. The standard InChI is InChI=1S/C18H20N6/c1-20-12-15(13-6-3-2-4-7-13)23-16-9-11-22-18(24-16)14-8-5-10-21-17(14)19/h2-11,15,20H,12H2,1H3,(H2,19,21)(H,22,23,24)/t15-/m0/s1. The van der Waals surface area contributed by atoms with E-state index in [4.69, 9.17) is 5.73 Å². The zero-order valence-electron chi connectivity index (χ0n) is 13.5. The Labute approximate surface area is 141 Å². The Morgan fingerprint density at radius 1 is 1.00 bits per heavy atom. The molecule has 0 aliphatic carbocycles. The minimum absolute atomic E-state index is 0.102. The SMILES string of the molecule is CNC[C@H](Nc1ccnc(-c2cccnc2N)n1)c1ccccc1. The van der Waals surface area contributed by atoms with Crippen LogP contribution in [0.3, 0.4) is 0 Å². The molecule has 6 heteroatoms. The van der Waals surface area contributed by atoms with Crippen molar-refractivity contribution in [2.45, 2.75) is 6.04 Å². The first-order valence-electron chi connectivity index (χ1n) is 7.78. The van der Waals surface area contributed by atoms with E-state index in [1.54, 1.807) is 12.4 Å². The number of hydrogen-bond donors (Lipinski definition) is 3. The molecule has 2 heterocycles. The van der Waals surface area contributed by atoms with Gasteiger partial charge in [0.25, 0.3) is 0 Å². The summed E-state index contributed by atoms with van der Waals surface area (Å²) in [6.07, 6.45) is 3.37. The predicted molar refractivity (Wildman–Crippen MR) is 96.4 cm³/mol. The van der Waals surface area contributed by atoms with Gasteiger partial charge < -0.3 is 16.4 Å². The van der Waals surface area contributed by atoms with E-state index in [2.05, 4.69) is 37.7 Å². The lowest BCUT2D eigenvalue weighted by molar-refractivity contribution is 0.686. The molecule has 4 N–H and O–H groups in total. The summed E-state index contributed by atoms with van der Waals surface area (Å²) < 4.78 is 0. The van der Waals surface area contributed by atoms with Crippen LogP contribution in [0.4, 0.5) is 11.6 Å². The highest BCUT2D eigenvalue weighted by atomic mass is 15.1. The highest BCUT2D eigenvalue weighted by Crippen LogP contribution is 2.23. The maximum absolute atomic E-state index is 5.92. The van der Waals surface area contributed by atoms with Gasteiger partial charge in [-0.2, -0.15) is 0 Å². The van der Waals surface area contributed by atoms with Crippen molar-refractivity contribution in [2.75, 3.05) is 24.6 Å². The maximum atomic E-state index is 5.92. The molecule has 0 aliphatic heterocycles. The molecule has 0 radical (unpaired) electrons. The molecule has 0 bridgehead atoms. The number of rotatable bonds is 6. The van der Waals surface area contributed by atoms with Gasteiger partial charge in [0.05, 0.1) is 11.6 Å².